The lowest BCUT2D eigenvalue weighted by molar-refractivity contribution is -0.151. The fourth-order valence-corrected chi connectivity index (χ4v) is 3.97. The lowest BCUT2D eigenvalue weighted by atomic mass is 9.96. The Labute approximate surface area is 201 Å². The van der Waals surface area contributed by atoms with Gasteiger partial charge >= 0.3 is 11.7 Å². The maximum atomic E-state index is 12.7. The van der Waals surface area contributed by atoms with Crippen LogP contribution in [-0.2, 0) is 14.3 Å². The lowest BCUT2D eigenvalue weighted by Crippen LogP contribution is -2.33. The molecule has 2 heterocycles. The predicted octanol–water partition coefficient (Wildman–Crippen LogP) is 2.07. The molecule has 9 nitrogen and oxygen atoms in total. The van der Waals surface area contributed by atoms with Crippen LogP contribution in [0.3, 0.4) is 0 Å². The number of aliphatic hydroxyl groups excluding tert-OH is 1. The van der Waals surface area contributed by atoms with E-state index in [1.165, 1.54) is 10.8 Å². The number of aryl methyl sites for hydroxylation is 1. The molecule has 9 heteroatoms. The smallest absolute Gasteiger partial charge is 0.330 e. The first-order chi connectivity index (χ1) is 16.7. The Morgan fingerprint density at radius 1 is 1.14 bits per heavy atom. The highest BCUT2D eigenvalue weighted by atomic mass is 16.6. The topological polar surface area (TPSA) is 128 Å². The fourth-order valence-electron chi connectivity index (χ4n) is 3.97. The summed E-state index contributed by atoms with van der Waals surface area (Å²) in [5.74, 6) is -1.34. The molecule has 1 aliphatic heterocycles. The van der Waals surface area contributed by atoms with Crippen LogP contribution in [0.4, 0.5) is 0 Å². The minimum Gasteiger partial charge on any atom is -0.462 e. The standard InChI is InChI=1S/C26H26N2O7/c1-15-13-28(26(33)27-24(15)31)22-12-20(29)21(35-22)14-34-25(32)16(2)18-9-6-10-19(11-18)23(30)17-7-4-3-5-8-17/h3-11,13,16,20-22,29H,12,14H2,1-2H3,(H,27,31,33)/t16?,20-,21+,22+/m0/s1. The molecule has 0 spiro atoms. The molecule has 0 bridgehead atoms. The zero-order chi connectivity index (χ0) is 25.1. The number of nitrogens with one attached hydrogen (secondary N) is 1. The molecule has 2 N–H and O–H groups in total. The van der Waals surface area contributed by atoms with E-state index in [9.17, 15) is 24.3 Å². The molecular formula is C26H26N2O7. The van der Waals surface area contributed by atoms with Crippen molar-refractivity contribution < 1.29 is 24.2 Å². The van der Waals surface area contributed by atoms with Gasteiger partial charge in [-0.3, -0.25) is 23.9 Å². The van der Waals surface area contributed by atoms with Gasteiger partial charge in [0.1, 0.15) is 18.9 Å². The molecule has 4 rings (SSSR count). The second-order valence-corrected chi connectivity index (χ2v) is 8.58. The molecule has 0 radical (unpaired) electrons. The maximum Gasteiger partial charge on any atom is 0.330 e. The first-order valence-corrected chi connectivity index (χ1v) is 11.3. The van der Waals surface area contributed by atoms with Crippen molar-refractivity contribution in [3.63, 3.8) is 0 Å². The van der Waals surface area contributed by atoms with Gasteiger partial charge in [-0.1, -0.05) is 48.5 Å². The van der Waals surface area contributed by atoms with Gasteiger partial charge in [0.05, 0.1) is 12.0 Å². The van der Waals surface area contributed by atoms with Crippen molar-refractivity contribution in [2.24, 2.45) is 0 Å². The van der Waals surface area contributed by atoms with Crippen molar-refractivity contribution in [1.29, 1.82) is 0 Å². The number of hydrogen-bond donors (Lipinski definition) is 2. The molecule has 1 aliphatic rings. The molecule has 1 aromatic heterocycles. The van der Waals surface area contributed by atoms with E-state index in [0.29, 0.717) is 22.3 Å². The number of aliphatic hydroxyl groups is 1. The number of aromatic amines is 1. The Hall–Kier alpha value is -3.82. The average molecular weight is 479 g/mol. The highest BCUT2D eigenvalue weighted by molar-refractivity contribution is 6.09. The lowest BCUT2D eigenvalue weighted by Gasteiger charge is -2.18. The van der Waals surface area contributed by atoms with E-state index >= 15 is 0 Å². The molecule has 1 fully saturated rings. The number of benzene rings is 2. The Morgan fingerprint density at radius 3 is 2.60 bits per heavy atom. The van der Waals surface area contributed by atoms with Crippen LogP contribution in [0.25, 0.3) is 0 Å². The third kappa shape index (κ3) is 5.31. The van der Waals surface area contributed by atoms with Gasteiger partial charge in [-0.05, 0) is 25.5 Å². The molecule has 0 aliphatic carbocycles. The predicted molar refractivity (Wildman–Crippen MR) is 126 cm³/mol. The SMILES string of the molecule is Cc1cn([C@H]2C[C@H](O)[C@@H](COC(=O)C(C)c3cccc(C(=O)c4ccccc4)c3)O2)c(=O)[nH]c1=O. The molecule has 1 saturated heterocycles. The molecule has 4 atom stereocenters. The summed E-state index contributed by atoms with van der Waals surface area (Å²) in [6, 6.07) is 15.7. The van der Waals surface area contributed by atoms with Gasteiger partial charge in [-0.15, -0.1) is 0 Å². The van der Waals surface area contributed by atoms with Crippen LogP contribution in [0.5, 0.6) is 0 Å². The van der Waals surface area contributed by atoms with E-state index < -0.39 is 41.6 Å². The molecule has 35 heavy (non-hydrogen) atoms. The second-order valence-electron chi connectivity index (χ2n) is 8.58. The summed E-state index contributed by atoms with van der Waals surface area (Å²) < 4.78 is 12.3. The van der Waals surface area contributed by atoms with Crippen molar-refractivity contribution in [3.8, 4) is 0 Å². The van der Waals surface area contributed by atoms with Crippen LogP contribution in [0.1, 0.15) is 52.5 Å². The van der Waals surface area contributed by atoms with Crippen molar-refractivity contribution in [2.75, 3.05) is 6.61 Å². The number of aromatic nitrogens is 2. The number of carbonyl (C=O) groups is 2. The summed E-state index contributed by atoms with van der Waals surface area (Å²) in [7, 11) is 0. The van der Waals surface area contributed by atoms with Gasteiger partial charge in [0, 0.05) is 29.3 Å². The van der Waals surface area contributed by atoms with Gasteiger partial charge in [0.25, 0.3) is 5.56 Å². The largest absolute Gasteiger partial charge is 0.462 e. The van der Waals surface area contributed by atoms with Crippen molar-refractivity contribution in [2.45, 2.75) is 44.6 Å². The Morgan fingerprint density at radius 2 is 1.86 bits per heavy atom. The number of nitrogens with zero attached hydrogens (tertiary/aromatic N) is 1. The van der Waals surface area contributed by atoms with Crippen LogP contribution in [-0.4, -0.2) is 45.2 Å². The number of ether oxygens (including phenoxy) is 2. The third-order valence-electron chi connectivity index (χ3n) is 6.09. The zero-order valence-corrected chi connectivity index (χ0v) is 19.3. The summed E-state index contributed by atoms with van der Waals surface area (Å²) in [5, 5.41) is 10.4. The van der Waals surface area contributed by atoms with Crippen LogP contribution in [0, 0.1) is 6.92 Å². The van der Waals surface area contributed by atoms with Crippen LogP contribution >= 0.6 is 0 Å². The number of ketones is 1. The Bertz CT molecular complexity index is 1350. The van der Waals surface area contributed by atoms with Crippen molar-refractivity contribution in [1.82, 2.24) is 9.55 Å². The van der Waals surface area contributed by atoms with Gasteiger partial charge in [-0.2, -0.15) is 0 Å². The maximum absolute atomic E-state index is 12.7. The number of hydrogen-bond acceptors (Lipinski definition) is 7. The normalized spacial score (nSPS) is 20.4. The Kier molecular flexibility index (Phi) is 7.09. The quantitative estimate of drug-likeness (QED) is 0.393. The minimum atomic E-state index is -0.964. The van der Waals surface area contributed by atoms with Gasteiger partial charge < -0.3 is 14.6 Å². The van der Waals surface area contributed by atoms with Crippen LogP contribution in [0.15, 0.2) is 70.4 Å². The second kappa shape index (κ2) is 10.2. The third-order valence-corrected chi connectivity index (χ3v) is 6.09. The minimum absolute atomic E-state index is 0.104. The summed E-state index contributed by atoms with van der Waals surface area (Å²) in [4.78, 5) is 51.3. The van der Waals surface area contributed by atoms with Crippen molar-refractivity contribution >= 4 is 11.8 Å². The van der Waals surface area contributed by atoms with Crippen molar-refractivity contribution in [3.05, 3.63) is 104 Å². The fraction of sp³-hybridized carbons (Fsp3) is 0.308. The number of carbonyl (C=O) groups excluding carboxylic acids is 2. The summed E-state index contributed by atoms with van der Waals surface area (Å²) in [5.41, 5.74) is 0.843. The van der Waals surface area contributed by atoms with E-state index in [4.69, 9.17) is 9.47 Å². The van der Waals surface area contributed by atoms with E-state index in [2.05, 4.69) is 4.98 Å². The van der Waals surface area contributed by atoms with Gasteiger partial charge in [0.15, 0.2) is 5.78 Å². The van der Waals surface area contributed by atoms with E-state index in [1.807, 2.05) is 6.07 Å². The van der Waals surface area contributed by atoms with E-state index in [-0.39, 0.29) is 18.8 Å². The van der Waals surface area contributed by atoms with Crippen LogP contribution < -0.4 is 11.2 Å². The average Bonchev–Trinajstić information content (AvgIpc) is 3.24. The summed E-state index contributed by atoms with van der Waals surface area (Å²) >= 11 is 0. The zero-order valence-electron chi connectivity index (χ0n) is 19.3. The number of esters is 1. The van der Waals surface area contributed by atoms with E-state index in [1.54, 1.807) is 62.4 Å². The summed E-state index contributed by atoms with van der Waals surface area (Å²) in [6.45, 7) is 3.02. The Balaban J connectivity index is 1.39. The molecule has 182 valence electrons. The number of H-pyrrole nitrogens is 1. The number of rotatable bonds is 7. The molecule has 0 amide bonds. The first kappa shape index (κ1) is 24.3. The van der Waals surface area contributed by atoms with Crippen LogP contribution in [0.2, 0.25) is 0 Å². The molecule has 2 aromatic carbocycles. The summed E-state index contributed by atoms with van der Waals surface area (Å²) in [6.07, 6.45) is -1.11. The highest BCUT2D eigenvalue weighted by Crippen LogP contribution is 2.28. The van der Waals surface area contributed by atoms with E-state index in [0.717, 1.165) is 0 Å². The van der Waals surface area contributed by atoms with Gasteiger partial charge in [-0.25, -0.2) is 4.79 Å². The molecule has 3 aromatic rings. The molecular weight excluding hydrogens is 452 g/mol. The highest BCUT2D eigenvalue weighted by Gasteiger charge is 2.36. The van der Waals surface area contributed by atoms with Gasteiger partial charge in [0.2, 0.25) is 0 Å². The molecule has 0 saturated carbocycles. The first-order valence-electron chi connectivity index (χ1n) is 11.3. The molecule has 1 unspecified atom stereocenters. The monoisotopic (exact) mass is 478 g/mol.